The van der Waals surface area contributed by atoms with Gasteiger partial charge in [-0.25, -0.2) is 0 Å². The topological polar surface area (TPSA) is 12.5 Å². The maximum absolute atomic E-state index is 5.70. The van der Waals surface area contributed by atoms with Crippen LogP contribution in [0.3, 0.4) is 0 Å². The van der Waals surface area contributed by atoms with E-state index in [2.05, 4.69) is 6.92 Å². The second-order valence-electron chi connectivity index (χ2n) is 5.34. The quantitative estimate of drug-likeness (QED) is 0.263. The smallest absolute Gasteiger partial charge is 0.0976 e. The summed E-state index contributed by atoms with van der Waals surface area (Å²) in [5, 5.41) is 0. The van der Waals surface area contributed by atoms with Gasteiger partial charge in [0, 0.05) is 0 Å². The molecule has 0 aromatic carbocycles. The lowest BCUT2D eigenvalue weighted by Gasteiger charge is -2.01. The van der Waals surface area contributed by atoms with Gasteiger partial charge < -0.3 is 4.74 Å². The predicted octanol–water partition coefficient (Wildman–Crippen LogP) is 5.30. The van der Waals surface area contributed by atoms with Crippen LogP contribution in [0, 0.1) is 0 Å². The summed E-state index contributed by atoms with van der Waals surface area (Å²) in [7, 11) is 0. The van der Waals surface area contributed by atoms with Crippen molar-refractivity contribution in [1.82, 2.24) is 0 Å². The third-order valence-electron chi connectivity index (χ3n) is 3.68. The van der Waals surface area contributed by atoms with E-state index >= 15 is 0 Å². The molecule has 0 amide bonds. The number of hydrogen-bond acceptors (Lipinski definition) is 1. The number of alkyl halides is 1. The molecule has 1 saturated heterocycles. The van der Waals surface area contributed by atoms with Crippen molar-refractivity contribution in [2.75, 3.05) is 5.88 Å². The number of ether oxygens (including phenoxy) is 1. The SMILES string of the molecule is CCCCCCCCCCCC[C@H]1O[C@@H]1CCl. The summed E-state index contributed by atoms with van der Waals surface area (Å²) in [4.78, 5) is 0. The number of rotatable bonds is 12. The van der Waals surface area contributed by atoms with Crippen molar-refractivity contribution in [1.29, 1.82) is 0 Å². The van der Waals surface area contributed by atoms with Crippen molar-refractivity contribution >= 4 is 11.6 Å². The van der Waals surface area contributed by atoms with Crippen molar-refractivity contribution in [2.45, 2.75) is 89.8 Å². The Morgan fingerprint density at radius 2 is 1.29 bits per heavy atom. The highest BCUT2D eigenvalue weighted by Crippen LogP contribution is 2.28. The molecule has 1 nitrogen and oxygen atoms in total. The summed E-state index contributed by atoms with van der Waals surface area (Å²) in [6.07, 6.45) is 16.2. The van der Waals surface area contributed by atoms with E-state index in [1.54, 1.807) is 0 Å². The fourth-order valence-electron chi connectivity index (χ4n) is 2.40. The second kappa shape index (κ2) is 10.2. The summed E-state index contributed by atoms with van der Waals surface area (Å²) in [6.45, 7) is 2.28. The van der Waals surface area contributed by atoms with E-state index in [1.165, 1.54) is 70.6 Å². The van der Waals surface area contributed by atoms with Gasteiger partial charge in [0.2, 0.25) is 0 Å². The molecule has 17 heavy (non-hydrogen) atoms. The molecular weight excluding hydrogens is 232 g/mol. The molecule has 102 valence electrons. The maximum atomic E-state index is 5.70. The summed E-state index contributed by atoms with van der Waals surface area (Å²) in [5.74, 6) is 0.683. The van der Waals surface area contributed by atoms with Crippen molar-refractivity contribution in [3.63, 3.8) is 0 Å². The minimum Gasteiger partial charge on any atom is -0.368 e. The molecule has 0 saturated carbocycles. The van der Waals surface area contributed by atoms with Crippen molar-refractivity contribution in [2.24, 2.45) is 0 Å². The first kappa shape index (κ1) is 15.3. The zero-order chi connectivity index (χ0) is 12.3. The van der Waals surface area contributed by atoms with E-state index in [9.17, 15) is 0 Å². The number of epoxide rings is 1. The molecule has 1 rings (SSSR count). The van der Waals surface area contributed by atoms with Gasteiger partial charge in [0.05, 0.1) is 18.1 Å². The minimum absolute atomic E-state index is 0.384. The molecule has 1 aliphatic rings. The van der Waals surface area contributed by atoms with Gasteiger partial charge in [-0.3, -0.25) is 0 Å². The van der Waals surface area contributed by atoms with Crippen LogP contribution >= 0.6 is 11.6 Å². The first-order valence-corrected chi connectivity index (χ1v) is 8.13. The van der Waals surface area contributed by atoms with E-state index in [-0.39, 0.29) is 0 Å². The van der Waals surface area contributed by atoms with Crippen molar-refractivity contribution in [3.05, 3.63) is 0 Å². The molecule has 1 aliphatic heterocycles. The summed E-state index contributed by atoms with van der Waals surface area (Å²) < 4.78 is 5.42. The third-order valence-corrected chi connectivity index (χ3v) is 3.99. The lowest BCUT2D eigenvalue weighted by atomic mass is 10.0. The Morgan fingerprint density at radius 1 is 0.765 bits per heavy atom. The van der Waals surface area contributed by atoms with Gasteiger partial charge in [0.1, 0.15) is 0 Å². The molecule has 0 aliphatic carbocycles. The molecule has 2 heteroatoms. The number of hydrogen-bond donors (Lipinski definition) is 0. The molecule has 1 fully saturated rings. The Balaban J connectivity index is 1.68. The zero-order valence-electron chi connectivity index (χ0n) is 11.4. The first-order chi connectivity index (χ1) is 8.38. The molecule has 0 unspecified atom stereocenters. The summed E-state index contributed by atoms with van der Waals surface area (Å²) >= 11 is 5.70. The second-order valence-corrected chi connectivity index (χ2v) is 5.65. The van der Waals surface area contributed by atoms with Gasteiger partial charge >= 0.3 is 0 Å². The van der Waals surface area contributed by atoms with Crippen LogP contribution in [0.25, 0.3) is 0 Å². The maximum Gasteiger partial charge on any atom is 0.0976 e. The van der Waals surface area contributed by atoms with Crippen LogP contribution in [0.2, 0.25) is 0 Å². The normalized spacial score (nSPS) is 22.9. The molecule has 0 aromatic rings. The van der Waals surface area contributed by atoms with Crippen molar-refractivity contribution in [3.8, 4) is 0 Å². The van der Waals surface area contributed by atoms with E-state index in [1.807, 2.05) is 0 Å². The average Bonchev–Trinajstić information content (AvgIpc) is 3.10. The van der Waals surface area contributed by atoms with Gasteiger partial charge in [-0.05, 0) is 6.42 Å². The molecular formula is C15H29ClO. The zero-order valence-corrected chi connectivity index (χ0v) is 12.2. The molecule has 0 bridgehead atoms. The summed E-state index contributed by atoms with van der Waals surface area (Å²) in [6, 6.07) is 0. The molecule has 0 radical (unpaired) electrons. The van der Waals surface area contributed by atoms with Crippen LogP contribution in [0.1, 0.15) is 77.6 Å². The van der Waals surface area contributed by atoms with E-state index in [0.29, 0.717) is 18.1 Å². The van der Waals surface area contributed by atoms with Crippen LogP contribution in [0.4, 0.5) is 0 Å². The van der Waals surface area contributed by atoms with Crippen LogP contribution < -0.4 is 0 Å². The fraction of sp³-hybridized carbons (Fsp3) is 1.00. The standard InChI is InChI=1S/C15H29ClO/c1-2-3-4-5-6-7-8-9-10-11-12-14-15(13-16)17-14/h14-15H,2-13H2,1H3/t14-,15-/m1/s1. The largest absolute Gasteiger partial charge is 0.368 e. The van der Waals surface area contributed by atoms with Gasteiger partial charge in [0.25, 0.3) is 0 Å². The molecule has 2 atom stereocenters. The van der Waals surface area contributed by atoms with Gasteiger partial charge in [-0.2, -0.15) is 0 Å². The summed E-state index contributed by atoms with van der Waals surface area (Å²) in [5.41, 5.74) is 0. The lowest BCUT2D eigenvalue weighted by molar-refractivity contribution is 0.365. The van der Waals surface area contributed by atoms with E-state index in [4.69, 9.17) is 16.3 Å². The highest BCUT2D eigenvalue weighted by Gasteiger charge is 2.36. The van der Waals surface area contributed by atoms with E-state index in [0.717, 1.165) is 0 Å². The predicted molar refractivity (Wildman–Crippen MR) is 75.8 cm³/mol. The van der Waals surface area contributed by atoms with Gasteiger partial charge in [-0.1, -0.05) is 71.1 Å². The van der Waals surface area contributed by atoms with Crippen LogP contribution in [0.15, 0.2) is 0 Å². The Labute approximate surface area is 112 Å². The van der Waals surface area contributed by atoms with Gasteiger partial charge in [0.15, 0.2) is 0 Å². The Bertz CT molecular complexity index is 172. The van der Waals surface area contributed by atoms with E-state index < -0.39 is 0 Å². The minimum atomic E-state index is 0.384. The molecule has 1 heterocycles. The highest BCUT2D eigenvalue weighted by atomic mass is 35.5. The molecule has 0 aromatic heterocycles. The Kier molecular flexibility index (Phi) is 9.18. The Hall–Kier alpha value is 0.250. The highest BCUT2D eigenvalue weighted by molar-refractivity contribution is 6.18. The monoisotopic (exact) mass is 260 g/mol. The molecule has 0 spiro atoms. The number of unbranched alkanes of at least 4 members (excludes halogenated alkanes) is 9. The van der Waals surface area contributed by atoms with Crippen LogP contribution in [-0.2, 0) is 4.74 Å². The van der Waals surface area contributed by atoms with Gasteiger partial charge in [-0.15, -0.1) is 11.6 Å². The van der Waals surface area contributed by atoms with Crippen molar-refractivity contribution < 1.29 is 4.74 Å². The van der Waals surface area contributed by atoms with Crippen LogP contribution in [-0.4, -0.2) is 18.1 Å². The molecule has 0 N–H and O–H groups in total. The first-order valence-electron chi connectivity index (χ1n) is 7.60. The number of halogens is 1. The Morgan fingerprint density at radius 3 is 1.76 bits per heavy atom. The third kappa shape index (κ3) is 8.05. The lowest BCUT2D eigenvalue weighted by Crippen LogP contribution is -1.94. The average molecular weight is 261 g/mol. The van der Waals surface area contributed by atoms with Crippen LogP contribution in [0.5, 0.6) is 0 Å². The fourth-order valence-corrected chi connectivity index (χ4v) is 2.67.